The van der Waals surface area contributed by atoms with Gasteiger partial charge >= 0.3 is 0 Å². The number of nitrogens with one attached hydrogen (secondary N) is 2. The van der Waals surface area contributed by atoms with Gasteiger partial charge in [-0.15, -0.1) is 0 Å². The Balaban J connectivity index is 1.92. The minimum Gasteiger partial charge on any atom is -0.321 e. The molecule has 0 unspecified atom stereocenters. The van der Waals surface area contributed by atoms with E-state index in [-0.39, 0.29) is 21.8 Å². The van der Waals surface area contributed by atoms with Crippen molar-refractivity contribution in [3.05, 3.63) is 92.5 Å². The second kappa shape index (κ2) is 8.80. The number of amides is 1. The van der Waals surface area contributed by atoms with Gasteiger partial charge in [-0.1, -0.05) is 18.2 Å². The van der Waals surface area contributed by atoms with Crippen LogP contribution in [0.15, 0.2) is 59.5 Å². The summed E-state index contributed by atoms with van der Waals surface area (Å²) in [7, 11) is -3.95. The highest BCUT2D eigenvalue weighted by molar-refractivity contribution is 7.92. The molecule has 166 valence electrons. The summed E-state index contributed by atoms with van der Waals surface area (Å²) in [6.07, 6.45) is 0. The van der Waals surface area contributed by atoms with Crippen molar-refractivity contribution in [1.82, 2.24) is 0 Å². The number of nitro benzene ring substituents is 1. The molecule has 32 heavy (non-hydrogen) atoms. The fourth-order valence-corrected chi connectivity index (χ4v) is 4.64. The number of nitrogens with zero attached hydrogens (tertiary/aromatic N) is 1. The monoisotopic (exact) mass is 453 g/mol. The number of anilines is 2. The third-order valence-electron chi connectivity index (χ3n) is 4.89. The van der Waals surface area contributed by atoms with E-state index in [4.69, 9.17) is 0 Å². The molecule has 0 aliphatic carbocycles. The molecule has 0 aliphatic rings. The average molecular weight is 454 g/mol. The van der Waals surface area contributed by atoms with Crippen molar-refractivity contribution in [3.63, 3.8) is 0 Å². The van der Waals surface area contributed by atoms with Crippen LogP contribution in [0.2, 0.25) is 0 Å². The molecule has 0 bridgehead atoms. The minimum absolute atomic E-state index is 0.0277. The van der Waals surface area contributed by atoms with Gasteiger partial charge in [0.25, 0.3) is 21.6 Å². The van der Waals surface area contributed by atoms with Crippen LogP contribution in [-0.2, 0) is 10.0 Å². The summed E-state index contributed by atoms with van der Waals surface area (Å²) in [5.41, 5.74) is 3.62. The number of carbonyl (C=O) groups is 1. The van der Waals surface area contributed by atoms with Crippen LogP contribution < -0.4 is 10.0 Å². The lowest BCUT2D eigenvalue weighted by Crippen LogP contribution is -2.17. The van der Waals surface area contributed by atoms with Crippen LogP contribution in [0.25, 0.3) is 0 Å². The molecular formula is C23H23N3O5S. The number of sulfonamides is 1. The highest BCUT2D eigenvalue weighted by Gasteiger charge is 2.20. The Kier molecular flexibility index (Phi) is 6.31. The number of hydrogen-bond acceptors (Lipinski definition) is 5. The number of hydrogen-bond donors (Lipinski definition) is 2. The summed E-state index contributed by atoms with van der Waals surface area (Å²) in [6, 6.07) is 13.9. The molecule has 1 amide bonds. The first-order valence-electron chi connectivity index (χ1n) is 9.74. The summed E-state index contributed by atoms with van der Waals surface area (Å²) in [4.78, 5) is 23.2. The lowest BCUT2D eigenvalue weighted by atomic mass is 10.1. The molecule has 0 fully saturated rings. The molecule has 0 atom stereocenters. The molecular weight excluding hydrogens is 430 g/mol. The van der Waals surface area contributed by atoms with E-state index in [1.54, 1.807) is 32.0 Å². The van der Waals surface area contributed by atoms with Gasteiger partial charge in [0.05, 0.1) is 15.5 Å². The highest BCUT2D eigenvalue weighted by atomic mass is 32.2. The fourth-order valence-electron chi connectivity index (χ4n) is 3.33. The summed E-state index contributed by atoms with van der Waals surface area (Å²) in [5.74, 6) is -0.573. The Hall–Kier alpha value is -3.72. The topological polar surface area (TPSA) is 118 Å². The van der Waals surface area contributed by atoms with Crippen molar-refractivity contribution in [2.45, 2.75) is 32.6 Å². The molecule has 9 heteroatoms. The quantitative estimate of drug-likeness (QED) is 0.407. The van der Waals surface area contributed by atoms with Gasteiger partial charge in [-0.05, 0) is 74.2 Å². The normalized spacial score (nSPS) is 11.1. The number of rotatable bonds is 6. The van der Waals surface area contributed by atoms with E-state index in [0.29, 0.717) is 16.8 Å². The Morgan fingerprint density at radius 1 is 0.875 bits per heavy atom. The van der Waals surface area contributed by atoms with Crippen molar-refractivity contribution in [2.24, 2.45) is 0 Å². The molecule has 0 aliphatic heterocycles. The molecule has 8 nitrogen and oxygen atoms in total. The predicted molar refractivity (Wildman–Crippen MR) is 124 cm³/mol. The zero-order chi connectivity index (χ0) is 23.6. The van der Waals surface area contributed by atoms with Gasteiger partial charge in [-0.2, -0.15) is 0 Å². The fraction of sp³-hybridized carbons (Fsp3) is 0.174. The summed E-state index contributed by atoms with van der Waals surface area (Å²) >= 11 is 0. The van der Waals surface area contributed by atoms with Gasteiger partial charge in [-0.3, -0.25) is 19.6 Å². The van der Waals surface area contributed by atoms with Gasteiger partial charge in [-0.25, -0.2) is 8.42 Å². The lowest BCUT2D eigenvalue weighted by molar-refractivity contribution is -0.384. The first-order chi connectivity index (χ1) is 15.0. The molecule has 3 aromatic carbocycles. The van der Waals surface area contributed by atoms with Crippen LogP contribution in [0, 0.1) is 37.8 Å². The van der Waals surface area contributed by atoms with Crippen molar-refractivity contribution < 1.29 is 18.1 Å². The number of carbonyl (C=O) groups excluding carboxylic acids is 1. The number of nitro groups is 1. The van der Waals surface area contributed by atoms with Crippen LogP contribution >= 0.6 is 0 Å². The maximum Gasteiger partial charge on any atom is 0.271 e. The van der Waals surface area contributed by atoms with Gasteiger partial charge in [0, 0.05) is 23.4 Å². The van der Waals surface area contributed by atoms with Crippen molar-refractivity contribution in [3.8, 4) is 0 Å². The van der Waals surface area contributed by atoms with Gasteiger partial charge in [0.15, 0.2) is 0 Å². The van der Waals surface area contributed by atoms with Crippen LogP contribution in [0.3, 0.4) is 0 Å². The predicted octanol–water partition coefficient (Wildman–Crippen LogP) is 4.88. The molecule has 0 aromatic heterocycles. The maximum atomic E-state index is 13.0. The third kappa shape index (κ3) is 5.12. The Labute approximate surface area is 186 Å². The first kappa shape index (κ1) is 23.0. The van der Waals surface area contributed by atoms with Crippen LogP contribution in [0.1, 0.15) is 32.6 Å². The van der Waals surface area contributed by atoms with Crippen LogP contribution in [-0.4, -0.2) is 19.2 Å². The number of non-ortho nitro benzene ring substituents is 1. The van der Waals surface area contributed by atoms with Gasteiger partial charge in [0.2, 0.25) is 0 Å². The third-order valence-corrected chi connectivity index (χ3v) is 6.42. The number of benzene rings is 3. The SMILES string of the molecule is Cc1cc(C)cc(NS(=O)(=O)c2cc(C(=O)Nc3cc([N+](=O)[O-])ccc3C)ccc2C)c1. The van der Waals surface area contributed by atoms with Gasteiger partial charge < -0.3 is 5.32 Å². The largest absolute Gasteiger partial charge is 0.321 e. The zero-order valence-electron chi connectivity index (χ0n) is 18.1. The van der Waals surface area contributed by atoms with E-state index < -0.39 is 20.9 Å². The van der Waals surface area contributed by atoms with E-state index in [2.05, 4.69) is 10.0 Å². The molecule has 2 N–H and O–H groups in total. The molecule has 3 rings (SSSR count). The molecule has 0 heterocycles. The van der Waals surface area contributed by atoms with E-state index in [0.717, 1.165) is 11.1 Å². The highest BCUT2D eigenvalue weighted by Crippen LogP contribution is 2.25. The smallest absolute Gasteiger partial charge is 0.271 e. The van der Waals surface area contributed by atoms with Crippen LogP contribution in [0.4, 0.5) is 17.1 Å². The van der Waals surface area contributed by atoms with E-state index >= 15 is 0 Å². The first-order valence-corrected chi connectivity index (χ1v) is 11.2. The minimum atomic E-state index is -3.95. The second-order valence-electron chi connectivity index (χ2n) is 7.67. The van der Waals surface area contributed by atoms with Gasteiger partial charge in [0.1, 0.15) is 0 Å². The molecule has 0 saturated carbocycles. The van der Waals surface area contributed by atoms with Crippen molar-refractivity contribution >= 4 is 33.0 Å². The standard InChI is InChI=1S/C23H23N3O5S/c1-14-9-15(2)11-19(10-14)25-32(30,31)22-12-18(7-5-17(22)4)23(27)24-21-13-20(26(28)29)8-6-16(21)3/h5-13,25H,1-4H3,(H,24,27). The Morgan fingerprint density at radius 2 is 1.50 bits per heavy atom. The summed E-state index contributed by atoms with van der Waals surface area (Å²) in [6.45, 7) is 7.09. The average Bonchev–Trinajstić information content (AvgIpc) is 2.68. The maximum absolute atomic E-state index is 13.0. The Morgan fingerprint density at radius 3 is 2.12 bits per heavy atom. The van der Waals surface area contributed by atoms with Crippen molar-refractivity contribution in [2.75, 3.05) is 10.0 Å². The van der Waals surface area contributed by atoms with E-state index in [1.807, 2.05) is 19.9 Å². The van der Waals surface area contributed by atoms with E-state index in [1.165, 1.54) is 30.3 Å². The summed E-state index contributed by atoms with van der Waals surface area (Å²) < 4.78 is 28.6. The lowest BCUT2D eigenvalue weighted by Gasteiger charge is -2.14. The van der Waals surface area contributed by atoms with Crippen molar-refractivity contribution in [1.29, 1.82) is 0 Å². The molecule has 3 aromatic rings. The number of aryl methyl sites for hydroxylation is 4. The van der Waals surface area contributed by atoms with E-state index in [9.17, 15) is 23.3 Å². The second-order valence-corrected chi connectivity index (χ2v) is 9.32. The summed E-state index contributed by atoms with van der Waals surface area (Å²) in [5, 5.41) is 13.6. The molecule has 0 saturated heterocycles. The Bertz CT molecular complexity index is 1310. The molecule has 0 spiro atoms. The zero-order valence-corrected chi connectivity index (χ0v) is 18.9. The molecule has 0 radical (unpaired) electrons. The van der Waals surface area contributed by atoms with Crippen LogP contribution in [0.5, 0.6) is 0 Å².